The monoisotopic (exact) mass is 248 g/mol. The average molecular weight is 248 g/mol. The van der Waals surface area contributed by atoms with Crippen LogP contribution in [0.1, 0.15) is 16.8 Å². The van der Waals surface area contributed by atoms with Crippen molar-refractivity contribution in [3.05, 3.63) is 29.2 Å². The number of fused-ring (bicyclic) bond motifs is 1. The smallest absolute Gasteiger partial charge is 0.198 e. The predicted molar refractivity (Wildman–Crippen MR) is 67.3 cm³/mol. The van der Waals surface area contributed by atoms with E-state index in [1.54, 1.807) is 6.26 Å². The summed E-state index contributed by atoms with van der Waals surface area (Å²) in [5.41, 5.74) is 5.82. The van der Waals surface area contributed by atoms with E-state index in [-0.39, 0.29) is 0 Å². The lowest BCUT2D eigenvalue weighted by atomic mass is 10.2. The Kier molecular flexibility index (Phi) is 2.53. The highest BCUT2D eigenvalue weighted by Gasteiger charge is 2.21. The van der Waals surface area contributed by atoms with Gasteiger partial charge in [0.1, 0.15) is 5.82 Å². The highest BCUT2D eigenvalue weighted by molar-refractivity contribution is 7.98. The number of furan rings is 1. The van der Waals surface area contributed by atoms with Crippen LogP contribution in [-0.2, 0) is 11.5 Å². The lowest BCUT2D eigenvalue weighted by Gasteiger charge is -2.07. The molecule has 0 unspecified atom stereocenters. The fourth-order valence-corrected chi connectivity index (χ4v) is 2.92. The van der Waals surface area contributed by atoms with Gasteiger partial charge >= 0.3 is 0 Å². The molecular weight excluding hydrogens is 236 g/mol. The highest BCUT2D eigenvalue weighted by Crippen LogP contribution is 2.34. The fraction of sp³-hybridized carbons (Fsp3) is 0.273. The van der Waals surface area contributed by atoms with Gasteiger partial charge in [-0.15, -0.1) is 0 Å². The topological polar surface area (TPSA) is 77.0 Å². The predicted octanol–water partition coefficient (Wildman–Crippen LogP) is 2.08. The number of hydrogen-bond donors (Lipinski definition) is 2. The Hall–Kier alpha value is -1.53. The molecule has 6 heteroatoms. The molecule has 88 valence electrons. The molecule has 0 fully saturated rings. The molecule has 2 aromatic heterocycles. The van der Waals surface area contributed by atoms with Crippen LogP contribution in [0.5, 0.6) is 0 Å². The van der Waals surface area contributed by atoms with Gasteiger partial charge in [-0.2, -0.15) is 11.8 Å². The van der Waals surface area contributed by atoms with Gasteiger partial charge in [-0.3, -0.25) is 0 Å². The van der Waals surface area contributed by atoms with E-state index in [2.05, 4.69) is 15.4 Å². The van der Waals surface area contributed by atoms with Crippen LogP contribution < -0.4 is 11.3 Å². The molecule has 0 saturated carbocycles. The number of nitrogens with two attached hydrogens (primary N) is 1. The van der Waals surface area contributed by atoms with Crippen molar-refractivity contribution in [1.82, 2.24) is 9.97 Å². The first-order valence-electron chi connectivity index (χ1n) is 5.28. The molecule has 0 aromatic carbocycles. The molecule has 3 heterocycles. The molecule has 0 radical (unpaired) electrons. The zero-order valence-corrected chi connectivity index (χ0v) is 10.2. The normalized spacial score (nSPS) is 13.8. The van der Waals surface area contributed by atoms with Crippen LogP contribution in [0.2, 0.25) is 0 Å². The Morgan fingerprint density at radius 2 is 2.29 bits per heavy atom. The molecule has 0 saturated heterocycles. The molecule has 0 atom stereocenters. The number of thioether (sulfide) groups is 1. The number of hydrazine groups is 1. The number of nitrogen functional groups attached to an aromatic ring is 1. The van der Waals surface area contributed by atoms with Gasteiger partial charge in [-0.05, 0) is 18.6 Å². The van der Waals surface area contributed by atoms with E-state index in [1.807, 2.05) is 24.8 Å². The second kappa shape index (κ2) is 4.05. The minimum absolute atomic E-state index is 0.599. The van der Waals surface area contributed by atoms with Gasteiger partial charge in [0.2, 0.25) is 0 Å². The summed E-state index contributed by atoms with van der Waals surface area (Å²) in [4.78, 5) is 8.96. The van der Waals surface area contributed by atoms with Gasteiger partial charge < -0.3 is 9.84 Å². The van der Waals surface area contributed by atoms with Crippen molar-refractivity contribution in [2.24, 2.45) is 5.84 Å². The van der Waals surface area contributed by atoms with Gasteiger partial charge in [-0.25, -0.2) is 15.8 Å². The molecule has 5 nitrogen and oxygen atoms in total. The van der Waals surface area contributed by atoms with E-state index < -0.39 is 0 Å². The second-order valence-corrected chi connectivity index (χ2v) is 4.88. The maximum Gasteiger partial charge on any atom is 0.198 e. The maximum absolute atomic E-state index is 5.50. The number of nitrogens with zero attached hydrogens (tertiary/aromatic N) is 2. The first-order valence-corrected chi connectivity index (χ1v) is 6.43. The van der Waals surface area contributed by atoms with Gasteiger partial charge in [0.05, 0.1) is 12.0 Å². The van der Waals surface area contributed by atoms with Crippen molar-refractivity contribution in [3.8, 4) is 11.6 Å². The number of anilines is 1. The van der Waals surface area contributed by atoms with E-state index >= 15 is 0 Å². The average Bonchev–Trinajstić information content (AvgIpc) is 2.95. The molecule has 1 aliphatic rings. The van der Waals surface area contributed by atoms with Crippen LogP contribution >= 0.6 is 11.8 Å². The van der Waals surface area contributed by atoms with Crippen molar-refractivity contribution in [2.45, 2.75) is 18.4 Å². The number of aromatic nitrogens is 2. The zero-order valence-electron chi connectivity index (χ0n) is 9.36. The van der Waals surface area contributed by atoms with Crippen LogP contribution in [0, 0.1) is 6.92 Å². The number of hydrogen-bond acceptors (Lipinski definition) is 6. The summed E-state index contributed by atoms with van der Waals surface area (Å²) in [5, 5.41) is 0. The lowest BCUT2D eigenvalue weighted by Crippen LogP contribution is -2.12. The largest absolute Gasteiger partial charge is 0.461 e. The fourth-order valence-electron chi connectivity index (χ4n) is 1.87. The van der Waals surface area contributed by atoms with Crippen LogP contribution in [0.3, 0.4) is 0 Å². The summed E-state index contributed by atoms with van der Waals surface area (Å²) in [6, 6.07) is 1.90. The summed E-state index contributed by atoms with van der Waals surface area (Å²) < 4.78 is 5.41. The van der Waals surface area contributed by atoms with E-state index in [0.29, 0.717) is 17.4 Å². The summed E-state index contributed by atoms with van der Waals surface area (Å²) >= 11 is 1.81. The standard InChI is InChI=1S/C11H12N4OS/c1-6-2-3-16-9(6)11-13-8-5-17-4-7(8)10(14-11)15-12/h2-3H,4-5,12H2,1H3,(H,13,14,15). The summed E-state index contributed by atoms with van der Waals surface area (Å²) in [6.07, 6.45) is 1.64. The van der Waals surface area contributed by atoms with Crippen molar-refractivity contribution in [2.75, 3.05) is 5.43 Å². The Balaban J connectivity index is 2.16. The molecule has 0 amide bonds. The Morgan fingerprint density at radius 3 is 3.00 bits per heavy atom. The van der Waals surface area contributed by atoms with Crippen LogP contribution in [0.15, 0.2) is 16.7 Å². The summed E-state index contributed by atoms with van der Waals surface area (Å²) in [5.74, 6) is 9.32. The van der Waals surface area contributed by atoms with E-state index in [1.165, 1.54) is 0 Å². The third-order valence-corrected chi connectivity index (χ3v) is 3.75. The van der Waals surface area contributed by atoms with Crippen LogP contribution in [0.25, 0.3) is 11.6 Å². The molecular formula is C11H12N4OS. The van der Waals surface area contributed by atoms with Gasteiger partial charge in [0.25, 0.3) is 0 Å². The Bertz CT molecular complexity index is 567. The van der Waals surface area contributed by atoms with Crippen molar-refractivity contribution in [1.29, 1.82) is 0 Å². The quantitative estimate of drug-likeness (QED) is 0.626. The zero-order chi connectivity index (χ0) is 11.8. The van der Waals surface area contributed by atoms with Gasteiger partial charge in [-0.1, -0.05) is 0 Å². The molecule has 3 rings (SSSR count). The molecule has 1 aliphatic heterocycles. The SMILES string of the molecule is Cc1ccoc1-c1nc2c(c(NN)n1)CSC2. The number of nitrogens with one attached hydrogen (secondary N) is 1. The van der Waals surface area contributed by atoms with Gasteiger partial charge in [0, 0.05) is 17.1 Å². The molecule has 3 N–H and O–H groups in total. The molecule has 0 spiro atoms. The Labute approximate surface area is 103 Å². The molecule has 17 heavy (non-hydrogen) atoms. The van der Waals surface area contributed by atoms with Gasteiger partial charge in [0.15, 0.2) is 11.6 Å². The van der Waals surface area contributed by atoms with Crippen molar-refractivity contribution in [3.63, 3.8) is 0 Å². The lowest BCUT2D eigenvalue weighted by molar-refractivity contribution is 0.575. The summed E-state index contributed by atoms with van der Waals surface area (Å²) in [7, 11) is 0. The number of aryl methyl sites for hydroxylation is 1. The van der Waals surface area contributed by atoms with E-state index in [0.717, 1.165) is 28.3 Å². The third-order valence-electron chi connectivity index (χ3n) is 2.78. The Morgan fingerprint density at radius 1 is 1.41 bits per heavy atom. The van der Waals surface area contributed by atoms with Crippen molar-refractivity contribution >= 4 is 17.6 Å². The molecule has 0 bridgehead atoms. The van der Waals surface area contributed by atoms with Crippen molar-refractivity contribution < 1.29 is 4.42 Å². The first-order chi connectivity index (χ1) is 8.29. The number of rotatable bonds is 2. The first kappa shape index (κ1) is 10.6. The van der Waals surface area contributed by atoms with E-state index in [9.17, 15) is 0 Å². The second-order valence-electron chi connectivity index (χ2n) is 3.89. The minimum atomic E-state index is 0.599. The van der Waals surface area contributed by atoms with Crippen LogP contribution in [0.4, 0.5) is 5.82 Å². The molecule has 2 aromatic rings. The van der Waals surface area contributed by atoms with Crippen LogP contribution in [-0.4, -0.2) is 9.97 Å². The van der Waals surface area contributed by atoms with E-state index in [4.69, 9.17) is 10.3 Å². The highest BCUT2D eigenvalue weighted by atomic mass is 32.2. The minimum Gasteiger partial charge on any atom is -0.461 e. The summed E-state index contributed by atoms with van der Waals surface area (Å²) in [6.45, 7) is 1.97. The maximum atomic E-state index is 5.50. The molecule has 0 aliphatic carbocycles. The third kappa shape index (κ3) is 1.69.